The molecule has 1 amide bonds. The number of aliphatic carboxylic acids is 1. The summed E-state index contributed by atoms with van der Waals surface area (Å²) >= 11 is 1.50. The van der Waals surface area contributed by atoms with Crippen LogP contribution in [0.4, 0.5) is 19.0 Å². The Labute approximate surface area is 213 Å². The average molecular weight is 527 g/mol. The van der Waals surface area contributed by atoms with E-state index in [2.05, 4.69) is 14.6 Å². The maximum atomic E-state index is 13.4. The number of carbonyl (C=O) groups excluding carboxylic acids is 1. The highest BCUT2D eigenvalue weighted by atomic mass is 32.2. The number of piperazine rings is 1. The molecule has 7 nitrogen and oxygen atoms in total. The number of halogens is 3. The van der Waals surface area contributed by atoms with Crippen LogP contribution < -0.4 is 10.2 Å². The van der Waals surface area contributed by atoms with Gasteiger partial charge in [-0.1, -0.05) is 11.9 Å². The highest BCUT2D eigenvalue weighted by molar-refractivity contribution is 7.99. The van der Waals surface area contributed by atoms with Crippen LogP contribution in [0.15, 0.2) is 18.3 Å². The number of pyridine rings is 1. The summed E-state index contributed by atoms with van der Waals surface area (Å²) in [5, 5.41) is 13.2. The van der Waals surface area contributed by atoms with Crippen LogP contribution in [0.3, 0.4) is 0 Å². The van der Waals surface area contributed by atoms with Gasteiger partial charge in [0.15, 0.2) is 0 Å². The van der Waals surface area contributed by atoms with Gasteiger partial charge < -0.3 is 15.3 Å². The molecule has 5 fully saturated rings. The molecule has 0 aromatic carbocycles. The van der Waals surface area contributed by atoms with E-state index in [1.54, 1.807) is 0 Å². The zero-order valence-corrected chi connectivity index (χ0v) is 21.4. The fraction of sp³-hybridized carbons (Fsp3) is 0.720. The third-order valence-corrected chi connectivity index (χ3v) is 9.83. The zero-order chi connectivity index (χ0) is 25.9. The molecule has 198 valence electrons. The minimum atomic E-state index is -4.40. The van der Waals surface area contributed by atoms with E-state index in [9.17, 15) is 27.9 Å². The summed E-state index contributed by atoms with van der Waals surface area (Å²) in [6.07, 6.45) is 0.578. The SMILES string of the molecule is CC(C)(SN1CCN(c2ccc(C(F)(F)F)cn2)CC1)C(=O)NC1C2CC3CC1CC(C(=O)O)(C3)C2. The number of amides is 1. The first-order valence-electron chi connectivity index (χ1n) is 12.6. The Balaban J connectivity index is 1.14. The Hall–Kier alpha value is -2.01. The topological polar surface area (TPSA) is 85.8 Å². The second-order valence-electron chi connectivity index (χ2n) is 11.5. The monoisotopic (exact) mass is 526 g/mol. The molecule has 2 N–H and O–H groups in total. The molecule has 4 aliphatic carbocycles. The summed E-state index contributed by atoms with van der Waals surface area (Å²) in [7, 11) is 0. The molecule has 6 rings (SSSR count). The number of hydrogen-bond acceptors (Lipinski definition) is 6. The second-order valence-corrected chi connectivity index (χ2v) is 13.2. The molecule has 1 aromatic heterocycles. The van der Waals surface area contributed by atoms with Gasteiger partial charge in [-0.05, 0) is 75.8 Å². The van der Waals surface area contributed by atoms with Crippen molar-refractivity contribution in [2.24, 2.45) is 23.2 Å². The predicted molar refractivity (Wildman–Crippen MR) is 130 cm³/mol. The number of rotatable bonds is 6. The fourth-order valence-electron chi connectivity index (χ4n) is 6.96. The number of nitrogens with zero attached hydrogens (tertiary/aromatic N) is 3. The summed E-state index contributed by atoms with van der Waals surface area (Å²) in [5.41, 5.74) is -1.35. The highest BCUT2D eigenvalue weighted by Crippen LogP contribution is 2.60. The van der Waals surface area contributed by atoms with E-state index in [4.69, 9.17) is 0 Å². The molecule has 1 saturated heterocycles. The number of nitrogens with one attached hydrogen (secondary N) is 1. The third kappa shape index (κ3) is 4.80. The van der Waals surface area contributed by atoms with Crippen molar-refractivity contribution in [1.29, 1.82) is 0 Å². The molecule has 1 aromatic rings. The van der Waals surface area contributed by atoms with Crippen LogP contribution in [-0.2, 0) is 15.8 Å². The van der Waals surface area contributed by atoms with E-state index in [1.807, 2.05) is 18.7 Å². The number of hydrogen-bond donors (Lipinski definition) is 2. The van der Waals surface area contributed by atoms with Gasteiger partial charge in [-0.3, -0.25) is 9.59 Å². The van der Waals surface area contributed by atoms with Crippen LogP contribution in [0.25, 0.3) is 0 Å². The van der Waals surface area contributed by atoms with Crippen LogP contribution in [0.5, 0.6) is 0 Å². The Morgan fingerprint density at radius 1 is 1.08 bits per heavy atom. The number of anilines is 1. The Bertz CT molecular complexity index is 995. The molecule has 4 saturated carbocycles. The van der Waals surface area contributed by atoms with E-state index >= 15 is 0 Å². The normalized spacial score (nSPS) is 32.5. The van der Waals surface area contributed by atoms with Crippen molar-refractivity contribution in [3.63, 3.8) is 0 Å². The van der Waals surface area contributed by atoms with E-state index < -0.39 is 27.9 Å². The maximum absolute atomic E-state index is 13.4. The number of carbonyl (C=O) groups is 2. The standard InChI is InChI=1S/C25H33F3N4O3S/c1-23(2,21(33)30-20-16-9-15-10-17(20)13-24(11-15,12-16)22(34)35)36-32-7-5-31(6-8-32)19-4-3-18(14-29-19)25(26,27)28/h3-4,14-17,20H,5-13H2,1-2H3,(H,30,33)(H,34,35). The van der Waals surface area contributed by atoms with Gasteiger partial charge in [0.1, 0.15) is 10.6 Å². The van der Waals surface area contributed by atoms with Crippen molar-refractivity contribution in [2.75, 3.05) is 31.1 Å². The minimum Gasteiger partial charge on any atom is -0.481 e. The van der Waals surface area contributed by atoms with Gasteiger partial charge in [-0.25, -0.2) is 9.29 Å². The lowest BCUT2D eigenvalue weighted by Crippen LogP contribution is -2.62. The molecular formula is C25H33F3N4O3S. The number of carboxylic acids is 1. The maximum Gasteiger partial charge on any atom is 0.417 e. The summed E-state index contributed by atoms with van der Waals surface area (Å²) in [6.45, 7) is 6.34. The van der Waals surface area contributed by atoms with Crippen molar-refractivity contribution in [3.05, 3.63) is 23.9 Å². The van der Waals surface area contributed by atoms with E-state index in [-0.39, 0.29) is 23.8 Å². The van der Waals surface area contributed by atoms with Crippen LogP contribution in [0, 0.1) is 23.2 Å². The van der Waals surface area contributed by atoms with Crippen molar-refractivity contribution < 1.29 is 27.9 Å². The quantitative estimate of drug-likeness (QED) is 0.541. The summed E-state index contributed by atoms with van der Waals surface area (Å²) < 4.78 is 39.8. The van der Waals surface area contributed by atoms with Gasteiger partial charge in [-0.2, -0.15) is 13.2 Å². The third-order valence-electron chi connectivity index (χ3n) is 8.57. The summed E-state index contributed by atoms with van der Waals surface area (Å²) in [6, 6.07) is 2.51. The van der Waals surface area contributed by atoms with Crippen molar-refractivity contribution in [2.45, 2.75) is 62.9 Å². The summed E-state index contributed by atoms with van der Waals surface area (Å²) in [5.74, 6) is 0.749. The Kier molecular flexibility index (Phi) is 6.46. The molecule has 36 heavy (non-hydrogen) atoms. The first kappa shape index (κ1) is 25.6. The number of alkyl halides is 3. The van der Waals surface area contributed by atoms with E-state index in [1.165, 1.54) is 18.0 Å². The fourth-order valence-corrected chi connectivity index (χ4v) is 8.09. The largest absolute Gasteiger partial charge is 0.481 e. The zero-order valence-electron chi connectivity index (χ0n) is 20.6. The molecular weight excluding hydrogens is 493 g/mol. The van der Waals surface area contributed by atoms with Gasteiger partial charge in [0, 0.05) is 38.4 Å². The predicted octanol–water partition coefficient (Wildman–Crippen LogP) is 4.04. The molecule has 1 aliphatic heterocycles. The van der Waals surface area contributed by atoms with Crippen LogP contribution in [-0.4, -0.2) is 63.2 Å². The molecule has 0 radical (unpaired) electrons. The van der Waals surface area contributed by atoms with Crippen LogP contribution in [0.1, 0.15) is 51.5 Å². The van der Waals surface area contributed by atoms with Gasteiger partial charge in [0.05, 0.1) is 11.0 Å². The minimum absolute atomic E-state index is 0.0267. The number of aromatic nitrogens is 1. The van der Waals surface area contributed by atoms with E-state index in [0.717, 1.165) is 31.5 Å². The second kappa shape index (κ2) is 9.08. The van der Waals surface area contributed by atoms with Crippen molar-refractivity contribution >= 4 is 29.6 Å². The lowest BCUT2D eigenvalue weighted by atomic mass is 9.48. The lowest BCUT2D eigenvalue weighted by Gasteiger charge is -2.58. The molecule has 4 bridgehead atoms. The van der Waals surface area contributed by atoms with E-state index in [0.29, 0.717) is 50.8 Å². The number of carboxylic acid groups (broad SMARTS) is 1. The molecule has 2 unspecified atom stereocenters. The van der Waals surface area contributed by atoms with Gasteiger partial charge in [0.2, 0.25) is 5.91 Å². The summed E-state index contributed by atoms with van der Waals surface area (Å²) in [4.78, 5) is 31.3. The smallest absolute Gasteiger partial charge is 0.417 e. The molecule has 2 atom stereocenters. The highest BCUT2D eigenvalue weighted by Gasteiger charge is 2.59. The van der Waals surface area contributed by atoms with Crippen molar-refractivity contribution in [3.8, 4) is 0 Å². The van der Waals surface area contributed by atoms with Gasteiger partial charge in [0.25, 0.3) is 0 Å². The first-order chi connectivity index (χ1) is 16.9. The molecule has 2 heterocycles. The molecule has 5 aliphatic rings. The Morgan fingerprint density at radius 2 is 1.72 bits per heavy atom. The van der Waals surface area contributed by atoms with Crippen LogP contribution in [0.2, 0.25) is 0 Å². The van der Waals surface area contributed by atoms with Gasteiger partial charge >= 0.3 is 12.1 Å². The molecule has 11 heteroatoms. The van der Waals surface area contributed by atoms with Crippen molar-refractivity contribution in [1.82, 2.24) is 14.6 Å². The average Bonchev–Trinajstić information content (AvgIpc) is 2.80. The van der Waals surface area contributed by atoms with Crippen LogP contribution >= 0.6 is 11.9 Å². The van der Waals surface area contributed by atoms with Gasteiger partial charge in [-0.15, -0.1) is 0 Å². The lowest BCUT2D eigenvalue weighted by molar-refractivity contribution is -0.167. The molecule has 0 spiro atoms. The Morgan fingerprint density at radius 3 is 2.25 bits per heavy atom. The first-order valence-corrected chi connectivity index (χ1v) is 13.4.